The molecule has 2 saturated heterocycles. The fourth-order valence-corrected chi connectivity index (χ4v) is 3.30. The van der Waals surface area contributed by atoms with E-state index in [2.05, 4.69) is 0 Å². The minimum absolute atomic E-state index is 0.0349. The molecular formula is C16H19NO4. The van der Waals surface area contributed by atoms with Gasteiger partial charge < -0.3 is 14.7 Å². The van der Waals surface area contributed by atoms with Crippen LogP contribution in [0.15, 0.2) is 30.3 Å². The van der Waals surface area contributed by atoms with Crippen LogP contribution in [0.2, 0.25) is 0 Å². The van der Waals surface area contributed by atoms with Crippen LogP contribution in [0.5, 0.6) is 0 Å². The van der Waals surface area contributed by atoms with Gasteiger partial charge >= 0.3 is 5.97 Å². The summed E-state index contributed by atoms with van der Waals surface area (Å²) in [5, 5.41) is 9.43. The van der Waals surface area contributed by atoms with Crippen molar-refractivity contribution in [3.8, 4) is 0 Å². The second-order valence-corrected chi connectivity index (χ2v) is 5.69. The monoisotopic (exact) mass is 289 g/mol. The van der Waals surface area contributed by atoms with E-state index in [1.54, 1.807) is 4.90 Å². The number of hydrogen-bond acceptors (Lipinski definition) is 3. The van der Waals surface area contributed by atoms with Crippen LogP contribution in [0, 0.1) is 5.92 Å². The maximum absolute atomic E-state index is 12.3. The molecule has 1 aromatic carbocycles. The molecule has 1 amide bonds. The molecule has 3 rings (SSSR count). The first-order valence-corrected chi connectivity index (χ1v) is 7.35. The molecule has 2 aliphatic heterocycles. The number of carbonyl (C=O) groups excluding carboxylic acids is 1. The zero-order valence-corrected chi connectivity index (χ0v) is 11.8. The van der Waals surface area contributed by atoms with Crippen molar-refractivity contribution in [2.45, 2.75) is 31.4 Å². The summed E-state index contributed by atoms with van der Waals surface area (Å²) in [4.78, 5) is 25.5. The van der Waals surface area contributed by atoms with E-state index in [4.69, 9.17) is 4.74 Å². The van der Waals surface area contributed by atoms with Gasteiger partial charge in [0.2, 0.25) is 5.91 Å². The van der Waals surface area contributed by atoms with E-state index in [1.165, 1.54) is 0 Å². The van der Waals surface area contributed by atoms with Crippen molar-refractivity contribution in [3.63, 3.8) is 0 Å². The summed E-state index contributed by atoms with van der Waals surface area (Å²) in [5.41, 5.74) is 0.883. The third kappa shape index (κ3) is 2.78. The molecule has 0 bridgehead atoms. The zero-order chi connectivity index (χ0) is 14.8. The molecule has 112 valence electrons. The number of benzene rings is 1. The Hall–Kier alpha value is -1.88. The predicted octanol–water partition coefficient (Wildman–Crippen LogP) is 1.84. The maximum atomic E-state index is 12.3. The Labute approximate surface area is 123 Å². The Bertz CT molecular complexity index is 524. The van der Waals surface area contributed by atoms with Gasteiger partial charge in [-0.1, -0.05) is 30.3 Å². The molecule has 0 spiro atoms. The number of ether oxygens (including phenoxy) is 1. The van der Waals surface area contributed by atoms with Gasteiger partial charge in [-0.25, -0.2) is 0 Å². The molecule has 2 fully saturated rings. The summed E-state index contributed by atoms with van der Waals surface area (Å²) in [7, 11) is 0. The van der Waals surface area contributed by atoms with Gasteiger partial charge in [-0.3, -0.25) is 9.59 Å². The average Bonchev–Trinajstić information content (AvgIpc) is 3.09. The molecule has 2 heterocycles. The standard InChI is InChI=1S/C16H19NO4/c18-14-9-13(16(19)20)15(11-5-2-1-3-6-11)17(14)10-12-7-4-8-21-12/h1-3,5-6,12-13,15H,4,7-10H2,(H,19,20)/t12?,13-,15+/m0/s1. The van der Waals surface area contributed by atoms with E-state index in [0.717, 1.165) is 25.0 Å². The number of carboxylic acid groups (broad SMARTS) is 1. The second-order valence-electron chi connectivity index (χ2n) is 5.69. The van der Waals surface area contributed by atoms with Crippen LogP contribution >= 0.6 is 0 Å². The lowest BCUT2D eigenvalue weighted by molar-refractivity contribution is -0.142. The van der Waals surface area contributed by atoms with Crippen LogP contribution in [0.25, 0.3) is 0 Å². The Morgan fingerprint density at radius 1 is 1.33 bits per heavy atom. The van der Waals surface area contributed by atoms with Crippen molar-refractivity contribution in [1.29, 1.82) is 0 Å². The molecule has 0 aliphatic carbocycles. The Balaban J connectivity index is 1.87. The number of carbonyl (C=O) groups is 2. The largest absolute Gasteiger partial charge is 0.481 e. The van der Waals surface area contributed by atoms with Crippen LogP contribution in [0.1, 0.15) is 30.9 Å². The van der Waals surface area contributed by atoms with Crippen molar-refractivity contribution in [2.75, 3.05) is 13.2 Å². The molecule has 0 aromatic heterocycles. The summed E-state index contributed by atoms with van der Waals surface area (Å²) < 4.78 is 5.60. The molecule has 1 aromatic rings. The van der Waals surface area contributed by atoms with Gasteiger partial charge in [0.25, 0.3) is 0 Å². The van der Waals surface area contributed by atoms with Crippen LogP contribution in [-0.2, 0) is 14.3 Å². The van der Waals surface area contributed by atoms with E-state index in [0.29, 0.717) is 6.54 Å². The van der Waals surface area contributed by atoms with Gasteiger partial charge in [0, 0.05) is 19.6 Å². The first-order valence-electron chi connectivity index (χ1n) is 7.35. The highest BCUT2D eigenvalue weighted by atomic mass is 16.5. The number of hydrogen-bond donors (Lipinski definition) is 1. The topological polar surface area (TPSA) is 66.8 Å². The smallest absolute Gasteiger partial charge is 0.309 e. The van der Waals surface area contributed by atoms with Crippen LogP contribution < -0.4 is 0 Å². The molecular weight excluding hydrogens is 270 g/mol. The van der Waals surface area contributed by atoms with Crippen molar-refractivity contribution in [1.82, 2.24) is 4.90 Å². The summed E-state index contributed by atoms with van der Waals surface area (Å²) in [6.45, 7) is 1.22. The SMILES string of the molecule is O=C(O)[C@H]1CC(=O)N(CC2CCCO2)[C@@H]1c1ccccc1. The van der Waals surface area contributed by atoms with E-state index in [1.807, 2.05) is 30.3 Å². The van der Waals surface area contributed by atoms with Gasteiger partial charge in [-0.15, -0.1) is 0 Å². The second kappa shape index (κ2) is 5.85. The summed E-state index contributed by atoms with van der Waals surface area (Å²) in [5.74, 6) is -1.68. The molecule has 21 heavy (non-hydrogen) atoms. The number of amides is 1. The van der Waals surface area contributed by atoms with Gasteiger partial charge in [0.05, 0.1) is 18.1 Å². The molecule has 3 atom stereocenters. The van der Waals surface area contributed by atoms with E-state index >= 15 is 0 Å². The van der Waals surface area contributed by atoms with Gasteiger partial charge in [-0.05, 0) is 18.4 Å². The Morgan fingerprint density at radius 2 is 2.10 bits per heavy atom. The third-order valence-corrected chi connectivity index (χ3v) is 4.31. The molecule has 1 N–H and O–H groups in total. The molecule has 5 nitrogen and oxygen atoms in total. The highest BCUT2D eigenvalue weighted by molar-refractivity contribution is 5.87. The van der Waals surface area contributed by atoms with Crippen molar-refractivity contribution >= 4 is 11.9 Å². The van der Waals surface area contributed by atoms with Crippen molar-refractivity contribution in [3.05, 3.63) is 35.9 Å². The first kappa shape index (κ1) is 14.1. The quantitative estimate of drug-likeness (QED) is 0.918. The lowest BCUT2D eigenvalue weighted by Gasteiger charge is -2.29. The number of rotatable bonds is 4. The molecule has 1 unspecified atom stereocenters. The molecule has 0 radical (unpaired) electrons. The zero-order valence-electron chi connectivity index (χ0n) is 11.8. The lowest BCUT2D eigenvalue weighted by Crippen LogP contribution is -2.36. The fourth-order valence-electron chi connectivity index (χ4n) is 3.30. The molecule has 0 saturated carbocycles. The summed E-state index contributed by atoms with van der Waals surface area (Å²) in [6.07, 6.45) is 2.04. The third-order valence-electron chi connectivity index (χ3n) is 4.31. The molecule has 2 aliphatic rings. The highest BCUT2D eigenvalue weighted by Crippen LogP contribution is 2.38. The fraction of sp³-hybridized carbons (Fsp3) is 0.500. The number of carboxylic acids is 1. The average molecular weight is 289 g/mol. The number of likely N-dealkylation sites (tertiary alicyclic amines) is 1. The summed E-state index contributed by atoms with van der Waals surface area (Å²) in [6, 6.07) is 9.03. The van der Waals surface area contributed by atoms with E-state index in [9.17, 15) is 14.7 Å². The van der Waals surface area contributed by atoms with Crippen molar-refractivity contribution in [2.24, 2.45) is 5.92 Å². The normalized spacial score (nSPS) is 29.0. The number of aliphatic carboxylic acids is 1. The van der Waals surface area contributed by atoms with Crippen LogP contribution in [0.4, 0.5) is 0 Å². The predicted molar refractivity (Wildman–Crippen MR) is 75.6 cm³/mol. The maximum Gasteiger partial charge on any atom is 0.309 e. The van der Waals surface area contributed by atoms with Crippen molar-refractivity contribution < 1.29 is 19.4 Å². The lowest BCUT2D eigenvalue weighted by atomic mass is 9.93. The Kier molecular flexibility index (Phi) is 3.92. The minimum atomic E-state index is -0.910. The van der Waals surface area contributed by atoms with Crippen LogP contribution in [0.3, 0.4) is 0 Å². The highest BCUT2D eigenvalue weighted by Gasteiger charge is 2.45. The van der Waals surface area contributed by atoms with E-state index in [-0.39, 0.29) is 24.5 Å². The first-order chi connectivity index (χ1) is 10.2. The Morgan fingerprint density at radius 3 is 2.71 bits per heavy atom. The van der Waals surface area contributed by atoms with Crippen LogP contribution in [-0.4, -0.2) is 41.1 Å². The minimum Gasteiger partial charge on any atom is -0.481 e. The van der Waals surface area contributed by atoms with Gasteiger partial charge in [-0.2, -0.15) is 0 Å². The van der Waals surface area contributed by atoms with Gasteiger partial charge in [0.1, 0.15) is 0 Å². The molecule has 5 heteroatoms. The number of nitrogens with zero attached hydrogens (tertiary/aromatic N) is 1. The summed E-state index contributed by atoms with van der Waals surface area (Å²) >= 11 is 0. The van der Waals surface area contributed by atoms with E-state index < -0.39 is 11.9 Å². The van der Waals surface area contributed by atoms with Gasteiger partial charge in [0.15, 0.2) is 0 Å².